The van der Waals surface area contributed by atoms with E-state index in [1.807, 2.05) is 32.9 Å². The molecule has 0 N–H and O–H groups in total. The lowest BCUT2D eigenvalue weighted by Crippen LogP contribution is -2.37. The normalized spacial score (nSPS) is 14.2. The van der Waals surface area contributed by atoms with Gasteiger partial charge in [0.1, 0.15) is 22.3 Å². The second kappa shape index (κ2) is 9.50. The molecule has 4 aromatic heterocycles. The number of pyridine rings is 1. The Labute approximate surface area is 208 Å². The van der Waals surface area contributed by atoms with Crippen molar-refractivity contribution in [1.29, 1.82) is 0 Å². The summed E-state index contributed by atoms with van der Waals surface area (Å²) in [4.78, 5) is 29.4. The first-order chi connectivity index (χ1) is 17.3. The highest BCUT2D eigenvalue weighted by atomic mass is 16.6. The highest BCUT2D eigenvalue weighted by molar-refractivity contribution is 6.04. The Balaban J connectivity index is 1.79. The summed E-state index contributed by atoms with van der Waals surface area (Å²) in [6.45, 7) is 7.96. The number of ether oxygens (including phenoxy) is 3. The van der Waals surface area contributed by atoms with Gasteiger partial charge in [-0.1, -0.05) is 0 Å². The average molecular weight is 490 g/mol. The highest BCUT2D eigenvalue weighted by Gasteiger charge is 2.27. The molecule has 0 bridgehead atoms. The molecular formula is C25H27N7O4. The number of anilines is 1. The SMILES string of the molecule is COc1ccc(-c2cn(C(=O)OC(C)(C)C)c3c(-c4ccncc4)nc(N4CCOCC4)nc23)nn1. The molecule has 1 saturated heterocycles. The second-order valence-electron chi connectivity index (χ2n) is 9.26. The third-order valence-electron chi connectivity index (χ3n) is 5.59. The maximum Gasteiger partial charge on any atom is 0.419 e. The quantitative estimate of drug-likeness (QED) is 0.421. The van der Waals surface area contributed by atoms with Gasteiger partial charge in [-0.2, -0.15) is 0 Å². The Bertz CT molecular complexity index is 1380. The number of carbonyl (C=O) groups is 1. The van der Waals surface area contributed by atoms with Crippen molar-refractivity contribution in [3.63, 3.8) is 0 Å². The van der Waals surface area contributed by atoms with Crippen LogP contribution in [0.5, 0.6) is 5.88 Å². The molecule has 36 heavy (non-hydrogen) atoms. The topological polar surface area (TPSA) is 117 Å². The molecule has 186 valence electrons. The number of morpholine rings is 1. The molecule has 1 aliphatic heterocycles. The molecule has 5 heterocycles. The van der Waals surface area contributed by atoms with Crippen molar-refractivity contribution >= 4 is 23.1 Å². The van der Waals surface area contributed by atoms with Crippen molar-refractivity contribution in [3.05, 3.63) is 42.9 Å². The Hall–Kier alpha value is -4.12. The van der Waals surface area contributed by atoms with E-state index in [-0.39, 0.29) is 0 Å². The number of hydrogen-bond acceptors (Lipinski definition) is 10. The number of fused-ring (bicyclic) bond motifs is 1. The van der Waals surface area contributed by atoms with Gasteiger partial charge in [-0.05, 0) is 39.0 Å². The number of nitrogens with zero attached hydrogens (tertiary/aromatic N) is 7. The van der Waals surface area contributed by atoms with E-state index in [0.717, 1.165) is 5.56 Å². The molecule has 11 nitrogen and oxygen atoms in total. The van der Waals surface area contributed by atoms with Crippen LogP contribution in [-0.4, -0.2) is 74.8 Å². The summed E-state index contributed by atoms with van der Waals surface area (Å²) < 4.78 is 17.9. The maximum atomic E-state index is 13.4. The molecule has 0 spiro atoms. The smallest absolute Gasteiger partial charge is 0.419 e. The Morgan fingerprint density at radius 3 is 2.42 bits per heavy atom. The summed E-state index contributed by atoms with van der Waals surface area (Å²) in [5.74, 6) is 0.929. The molecule has 0 radical (unpaired) electrons. The van der Waals surface area contributed by atoms with Crippen molar-refractivity contribution in [2.75, 3.05) is 38.3 Å². The van der Waals surface area contributed by atoms with Crippen LogP contribution in [0.1, 0.15) is 20.8 Å². The minimum absolute atomic E-state index is 0.385. The molecule has 1 fully saturated rings. The van der Waals surface area contributed by atoms with E-state index in [9.17, 15) is 4.79 Å². The molecule has 0 unspecified atom stereocenters. The average Bonchev–Trinajstić information content (AvgIpc) is 3.28. The number of methoxy groups -OCH3 is 1. The monoisotopic (exact) mass is 489 g/mol. The zero-order valence-corrected chi connectivity index (χ0v) is 20.6. The van der Waals surface area contributed by atoms with Crippen molar-refractivity contribution in [1.82, 2.24) is 29.7 Å². The molecular weight excluding hydrogens is 462 g/mol. The second-order valence-corrected chi connectivity index (χ2v) is 9.26. The molecule has 11 heteroatoms. The minimum Gasteiger partial charge on any atom is -0.480 e. The van der Waals surface area contributed by atoms with Crippen LogP contribution in [0.25, 0.3) is 33.5 Å². The van der Waals surface area contributed by atoms with E-state index >= 15 is 0 Å². The zero-order valence-electron chi connectivity index (χ0n) is 20.6. The van der Waals surface area contributed by atoms with Gasteiger partial charge in [-0.15, -0.1) is 10.2 Å². The van der Waals surface area contributed by atoms with Crippen molar-refractivity contribution in [2.24, 2.45) is 0 Å². The van der Waals surface area contributed by atoms with Crippen LogP contribution in [-0.2, 0) is 9.47 Å². The van der Waals surface area contributed by atoms with Gasteiger partial charge in [-0.25, -0.2) is 19.3 Å². The first-order valence-corrected chi connectivity index (χ1v) is 11.6. The summed E-state index contributed by atoms with van der Waals surface area (Å²) in [6.07, 6.45) is 4.51. The summed E-state index contributed by atoms with van der Waals surface area (Å²) >= 11 is 0. The number of hydrogen-bond donors (Lipinski definition) is 0. The fourth-order valence-electron chi connectivity index (χ4n) is 3.94. The lowest BCUT2D eigenvalue weighted by atomic mass is 10.1. The summed E-state index contributed by atoms with van der Waals surface area (Å²) in [5, 5.41) is 8.43. The maximum absolute atomic E-state index is 13.4. The predicted octanol–water partition coefficient (Wildman–Crippen LogP) is 3.58. The number of aromatic nitrogens is 6. The van der Waals surface area contributed by atoms with Crippen LogP contribution in [0.3, 0.4) is 0 Å². The van der Waals surface area contributed by atoms with Gasteiger partial charge in [0.25, 0.3) is 0 Å². The third-order valence-corrected chi connectivity index (χ3v) is 5.59. The van der Waals surface area contributed by atoms with Crippen LogP contribution >= 0.6 is 0 Å². The van der Waals surface area contributed by atoms with Crippen LogP contribution < -0.4 is 9.64 Å². The van der Waals surface area contributed by atoms with Crippen molar-refractivity contribution in [2.45, 2.75) is 26.4 Å². The van der Waals surface area contributed by atoms with Crippen molar-refractivity contribution in [3.8, 4) is 28.4 Å². The van der Waals surface area contributed by atoms with Crippen LogP contribution in [0, 0.1) is 0 Å². The van der Waals surface area contributed by atoms with E-state index < -0.39 is 11.7 Å². The lowest BCUT2D eigenvalue weighted by Gasteiger charge is -2.27. The van der Waals surface area contributed by atoms with E-state index in [1.165, 1.54) is 11.7 Å². The molecule has 0 aliphatic carbocycles. The fraction of sp³-hybridized carbons (Fsp3) is 0.360. The molecule has 0 saturated carbocycles. The minimum atomic E-state index is -0.695. The Morgan fingerprint density at radius 1 is 1.03 bits per heavy atom. The molecule has 4 aromatic rings. The van der Waals surface area contributed by atoms with Gasteiger partial charge in [0.15, 0.2) is 0 Å². The first kappa shape index (κ1) is 23.6. The largest absolute Gasteiger partial charge is 0.480 e. The van der Waals surface area contributed by atoms with Crippen LogP contribution in [0.4, 0.5) is 10.7 Å². The van der Waals surface area contributed by atoms with Gasteiger partial charge in [-0.3, -0.25) is 4.98 Å². The molecule has 0 aromatic carbocycles. The van der Waals surface area contributed by atoms with Gasteiger partial charge in [0.2, 0.25) is 11.8 Å². The third kappa shape index (κ3) is 4.69. The van der Waals surface area contributed by atoms with E-state index in [2.05, 4.69) is 20.1 Å². The van der Waals surface area contributed by atoms with Crippen LogP contribution in [0.2, 0.25) is 0 Å². The number of rotatable bonds is 4. The van der Waals surface area contributed by atoms with Crippen LogP contribution in [0.15, 0.2) is 42.9 Å². The molecule has 0 amide bonds. The van der Waals surface area contributed by atoms with Gasteiger partial charge in [0.05, 0.1) is 26.0 Å². The van der Waals surface area contributed by atoms with Gasteiger partial charge in [0, 0.05) is 48.9 Å². The number of carbonyl (C=O) groups excluding carboxylic acids is 1. The first-order valence-electron chi connectivity index (χ1n) is 11.6. The summed E-state index contributed by atoms with van der Waals surface area (Å²) in [7, 11) is 1.53. The zero-order chi connectivity index (χ0) is 25.3. The molecule has 5 rings (SSSR count). The van der Waals surface area contributed by atoms with Crippen molar-refractivity contribution < 1.29 is 19.0 Å². The Morgan fingerprint density at radius 2 is 1.78 bits per heavy atom. The summed E-state index contributed by atoms with van der Waals surface area (Å²) in [6, 6.07) is 7.20. The van der Waals surface area contributed by atoms with E-state index in [1.54, 1.807) is 30.7 Å². The van der Waals surface area contributed by atoms with E-state index in [4.69, 9.17) is 24.2 Å². The molecule has 1 aliphatic rings. The van der Waals surface area contributed by atoms with Gasteiger partial charge >= 0.3 is 6.09 Å². The highest BCUT2D eigenvalue weighted by Crippen LogP contribution is 2.36. The summed E-state index contributed by atoms with van der Waals surface area (Å²) in [5.41, 5.74) is 2.92. The standard InChI is InChI=1S/C25H27N7O4/c1-25(2,3)36-24(33)32-15-17(18-5-6-19(34-4)30-29-18)21-22(32)20(16-7-9-26-10-8-16)27-23(28-21)31-11-13-35-14-12-31/h5-10,15H,11-14H2,1-4H3. The lowest BCUT2D eigenvalue weighted by molar-refractivity contribution is 0.0544. The predicted molar refractivity (Wildman–Crippen MR) is 133 cm³/mol. The van der Waals surface area contributed by atoms with E-state index in [0.29, 0.717) is 66.1 Å². The fourth-order valence-corrected chi connectivity index (χ4v) is 3.94. The molecule has 0 atom stereocenters. The van der Waals surface area contributed by atoms with Gasteiger partial charge < -0.3 is 19.1 Å². The Kier molecular flexibility index (Phi) is 6.23.